The van der Waals surface area contributed by atoms with Crippen LogP contribution in [-0.4, -0.2) is 6.16 Å². The van der Waals surface area contributed by atoms with Crippen LogP contribution in [0.15, 0.2) is 91.0 Å². The van der Waals surface area contributed by atoms with Gasteiger partial charge in [0.05, 0.1) is 0 Å². The summed E-state index contributed by atoms with van der Waals surface area (Å²) in [7, 11) is -2.01. The fraction of sp³-hybridized carbons (Fsp3) is 0.333. The minimum absolute atomic E-state index is 0.825. The van der Waals surface area contributed by atoms with Crippen LogP contribution in [0.1, 0.15) is 46.0 Å². The van der Waals surface area contributed by atoms with E-state index in [-0.39, 0.29) is 0 Å². The predicted molar refractivity (Wildman–Crippen MR) is 129 cm³/mol. The minimum atomic E-state index is -2.01. The van der Waals surface area contributed by atoms with Crippen molar-refractivity contribution in [3.05, 3.63) is 91.0 Å². The first-order valence-electron chi connectivity index (χ1n) is 10.9. The molecule has 0 unspecified atom stereocenters. The van der Waals surface area contributed by atoms with Crippen molar-refractivity contribution in [3.8, 4) is 0 Å². The summed E-state index contributed by atoms with van der Waals surface area (Å²) in [5.74, 6) is 0.825. The van der Waals surface area contributed by atoms with Crippen molar-refractivity contribution in [2.24, 2.45) is 5.92 Å². The maximum absolute atomic E-state index is 2.37. The first-order chi connectivity index (χ1) is 13.7. The van der Waals surface area contributed by atoms with E-state index in [4.69, 9.17) is 0 Å². The average molecular weight is 391 g/mol. The zero-order valence-electron chi connectivity index (χ0n) is 17.5. The molecule has 0 aliphatic rings. The Morgan fingerprint density at radius 2 is 0.929 bits per heavy atom. The Bertz CT molecular complexity index is 697. The van der Waals surface area contributed by atoms with E-state index in [9.17, 15) is 0 Å². The van der Waals surface area contributed by atoms with Gasteiger partial charge in [0, 0.05) is 0 Å². The maximum atomic E-state index is 2.37. The summed E-state index contributed by atoms with van der Waals surface area (Å²) >= 11 is 0. The standard InChI is InChI=1S/C27H35P/c1-24(2)16-8-3-4-15-23-28(25-17-9-5-10-18-25,26-19-11-6-12-20-26)27-21-13-7-14-22-27/h5-7,9-14,17-22,24,28H,3-4,8,15-16,23H2,1-2H3. The average Bonchev–Trinajstić information content (AvgIpc) is 2.75. The van der Waals surface area contributed by atoms with E-state index in [0.29, 0.717) is 0 Å². The molecule has 28 heavy (non-hydrogen) atoms. The molecule has 0 amide bonds. The molecule has 0 aliphatic heterocycles. The second-order valence-electron chi connectivity index (χ2n) is 8.35. The van der Waals surface area contributed by atoms with Crippen molar-refractivity contribution in [1.82, 2.24) is 0 Å². The molecule has 3 aromatic rings. The van der Waals surface area contributed by atoms with Gasteiger partial charge in [0.25, 0.3) is 0 Å². The Morgan fingerprint density at radius 1 is 0.536 bits per heavy atom. The van der Waals surface area contributed by atoms with Crippen molar-refractivity contribution in [3.63, 3.8) is 0 Å². The van der Waals surface area contributed by atoms with Gasteiger partial charge in [-0.15, -0.1) is 0 Å². The van der Waals surface area contributed by atoms with Crippen LogP contribution in [0.25, 0.3) is 0 Å². The van der Waals surface area contributed by atoms with Gasteiger partial charge >= 0.3 is 172 Å². The van der Waals surface area contributed by atoms with Crippen LogP contribution < -0.4 is 15.9 Å². The van der Waals surface area contributed by atoms with Crippen LogP contribution in [0.2, 0.25) is 0 Å². The van der Waals surface area contributed by atoms with Gasteiger partial charge in [-0.1, -0.05) is 0 Å². The number of hydrogen-bond donors (Lipinski definition) is 0. The summed E-state index contributed by atoms with van der Waals surface area (Å²) in [5.41, 5.74) is 0. The Balaban J connectivity index is 1.93. The number of hydrogen-bond acceptors (Lipinski definition) is 0. The van der Waals surface area contributed by atoms with Crippen molar-refractivity contribution in [1.29, 1.82) is 0 Å². The molecular formula is C27H35P. The molecule has 3 rings (SSSR count). The Hall–Kier alpha value is -1.91. The molecular weight excluding hydrogens is 355 g/mol. The van der Waals surface area contributed by atoms with Crippen LogP contribution >= 0.6 is 7.26 Å². The van der Waals surface area contributed by atoms with E-state index in [0.717, 1.165) is 5.92 Å². The third-order valence-corrected chi connectivity index (χ3v) is 10.9. The summed E-state index contributed by atoms with van der Waals surface area (Å²) in [4.78, 5) is 0. The van der Waals surface area contributed by atoms with Gasteiger partial charge < -0.3 is 0 Å². The second-order valence-corrected chi connectivity index (χ2v) is 12.4. The molecule has 0 spiro atoms. The van der Waals surface area contributed by atoms with Gasteiger partial charge in [0.1, 0.15) is 0 Å². The summed E-state index contributed by atoms with van der Waals surface area (Å²) < 4.78 is 0. The Morgan fingerprint density at radius 3 is 1.32 bits per heavy atom. The van der Waals surface area contributed by atoms with Crippen molar-refractivity contribution in [2.45, 2.75) is 46.0 Å². The summed E-state index contributed by atoms with van der Waals surface area (Å²) in [6.07, 6.45) is 8.03. The van der Waals surface area contributed by atoms with Crippen molar-refractivity contribution in [2.75, 3.05) is 6.16 Å². The van der Waals surface area contributed by atoms with Gasteiger partial charge in [0.15, 0.2) is 0 Å². The molecule has 0 radical (unpaired) electrons. The molecule has 0 aliphatic carbocycles. The van der Waals surface area contributed by atoms with Crippen LogP contribution in [-0.2, 0) is 0 Å². The van der Waals surface area contributed by atoms with E-state index in [2.05, 4.69) is 105 Å². The van der Waals surface area contributed by atoms with E-state index in [1.54, 1.807) is 0 Å². The van der Waals surface area contributed by atoms with Crippen LogP contribution in [0.3, 0.4) is 0 Å². The molecule has 1 heteroatoms. The zero-order valence-corrected chi connectivity index (χ0v) is 18.5. The molecule has 0 bridgehead atoms. The summed E-state index contributed by atoms with van der Waals surface area (Å²) in [6.45, 7) is 4.66. The molecule has 0 saturated carbocycles. The van der Waals surface area contributed by atoms with E-state index in [1.165, 1.54) is 54.2 Å². The van der Waals surface area contributed by atoms with Gasteiger partial charge in [-0.05, 0) is 0 Å². The van der Waals surface area contributed by atoms with Gasteiger partial charge in [-0.2, -0.15) is 0 Å². The van der Waals surface area contributed by atoms with E-state index < -0.39 is 7.26 Å². The fourth-order valence-electron chi connectivity index (χ4n) is 4.40. The molecule has 0 N–H and O–H groups in total. The number of unbranched alkanes of at least 4 members (excludes halogenated alkanes) is 3. The molecule has 0 atom stereocenters. The monoisotopic (exact) mass is 390 g/mol. The van der Waals surface area contributed by atoms with Crippen LogP contribution in [0.5, 0.6) is 0 Å². The van der Waals surface area contributed by atoms with Crippen molar-refractivity contribution >= 4 is 23.2 Å². The fourth-order valence-corrected chi connectivity index (χ4v) is 9.33. The normalized spacial score (nSPS) is 12.2. The second kappa shape index (κ2) is 10.6. The quantitative estimate of drug-likeness (QED) is 0.281. The third kappa shape index (κ3) is 5.12. The predicted octanol–water partition coefficient (Wildman–Crippen LogP) is 6.32. The molecule has 3 aromatic carbocycles. The molecule has 148 valence electrons. The molecule has 0 aromatic heterocycles. The zero-order chi connectivity index (χ0) is 19.7. The molecule has 0 nitrogen and oxygen atoms in total. The molecule has 0 saturated heterocycles. The van der Waals surface area contributed by atoms with Crippen LogP contribution in [0.4, 0.5) is 0 Å². The molecule has 0 heterocycles. The van der Waals surface area contributed by atoms with E-state index >= 15 is 0 Å². The molecule has 0 fully saturated rings. The summed E-state index contributed by atoms with van der Waals surface area (Å²) in [5, 5.41) is 4.61. The third-order valence-electron chi connectivity index (χ3n) is 5.88. The van der Waals surface area contributed by atoms with Crippen molar-refractivity contribution < 1.29 is 0 Å². The first-order valence-corrected chi connectivity index (χ1v) is 13.1. The summed E-state index contributed by atoms with van der Waals surface area (Å²) in [6, 6.07) is 33.9. The first kappa shape index (κ1) is 20.8. The van der Waals surface area contributed by atoms with Crippen LogP contribution in [0, 0.1) is 5.92 Å². The number of benzene rings is 3. The topological polar surface area (TPSA) is 0 Å². The Labute approximate surface area is 172 Å². The van der Waals surface area contributed by atoms with Gasteiger partial charge in [-0.25, -0.2) is 0 Å². The van der Waals surface area contributed by atoms with E-state index in [1.807, 2.05) is 0 Å². The van der Waals surface area contributed by atoms with Gasteiger partial charge in [0.2, 0.25) is 0 Å². The SMILES string of the molecule is CC(C)CCCCCC[PH](c1ccccc1)(c1ccccc1)c1ccccc1. The Kier molecular flexibility index (Phi) is 7.87. The van der Waals surface area contributed by atoms with Gasteiger partial charge in [-0.3, -0.25) is 0 Å². The number of rotatable bonds is 10.